The van der Waals surface area contributed by atoms with Crippen LogP contribution in [0, 0.1) is 13.8 Å². The molecule has 2 spiro atoms. The second-order valence-electron chi connectivity index (χ2n) is 18.2. The molecule has 3 aliphatic heterocycles. The average molecular weight is 782 g/mol. The lowest BCUT2D eigenvalue weighted by Crippen LogP contribution is -2.70. The summed E-state index contributed by atoms with van der Waals surface area (Å²) >= 11 is 0. The van der Waals surface area contributed by atoms with Gasteiger partial charge in [-0.1, -0.05) is 183 Å². The van der Waals surface area contributed by atoms with Crippen molar-refractivity contribution in [3.63, 3.8) is 0 Å². The molecule has 3 heterocycles. The summed E-state index contributed by atoms with van der Waals surface area (Å²) in [7, 11) is -2.66. The van der Waals surface area contributed by atoms with E-state index in [-0.39, 0.29) is 5.41 Å². The Morgan fingerprint density at radius 3 is 1.47 bits per heavy atom. The molecule has 0 N–H and O–H groups in total. The highest BCUT2D eigenvalue weighted by Crippen LogP contribution is 2.63. The molecule has 13 rings (SSSR count). The summed E-state index contributed by atoms with van der Waals surface area (Å²) in [6, 6.07) is 73.1. The van der Waals surface area contributed by atoms with Crippen molar-refractivity contribution in [1.29, 1.82) is 0 Å². The van der Waals surface area contributed by atoms with Gasteiger partial charge in [-0.3, -0.25) is 0 Å². The zero-order valence-electron chi connectivity index (χ0n) is 34.3. The SMILES string of the molecule is Cc1ccc2c(c1)C1(c3ccccc3N(c3ccc4c(c3)[Si]3(c5ccccc5-c5ccccc53)c3ccccc3-4)c3cc4ccccc4cc31)c1cc(C)ccc1C2(C)C. The highest BCUT2D eigenvalue weighted by atomic mass is 28.3. The second-order valence-corrected chi connectivity index (χ2v) is 21.8. The van der Waals surface area contributed by atoms with Crippen LogP contribution < -0.4 is 25.6 Å². The third-order valence-electron chi connectivity index (χ3n) is 14.8. The van der Waals surface area contributed by atoms with Gasteiger partial charge in [0.05, 0.1) is 16.8 Å². The molecule has 9 aromatic rings. The molecule has 60 heavy (non-hydrogen) atoms. The number of aryl methyl sites for hydroxylation is 2. The molecular weight excluding hydrogens is 739 g/mol. The molecule has 0 unspecified atom stereocenters. The van der Waals surface area contributed by atoms with E-state index in [0.29, 0.717) is 0 Å². The molecule has 0 amide bonds. The molecule has 4 aliphatic rings. The summed E-state index contributed by atoms with van der Waals surface area (Å²) in [5.41, 5.74) is 19.3. The number of fused-ring (bicyclic) bond motifs is 19. The van der Waals surface area contributed by atoms with Gasteiger partial charge in [0, 0.05) is 11.1 Å². The predicted molar refractivity (Wildman–Crippen MR) is 254 cm³/mol. The van der Waals surface area contributed by atoms with E-state index < -0.39 is 13.5 Å². The monoisotopic (exact) mass is 781 g/mol. The van der Waals surface area contributed by atoms with E-state index in [9.17, 15) is 0 Å². The van der Waals surface area contributed by atoms with Crippen molar-refractivity contribution in [2.24, 2.45) is 0 Å². The van der Waals surface area contributed by atoms with Gasteiger partial charge in [0.1, 0.15) is 0 Å². The van der Waals surface area contributed by atoms with Crippen LogP contribution >= 0.6 is 0 Å². The van der Waals surface area contributed by atoms with Crippen LogP contribution in [-0.2, 0) is 10.8 Å². The molecule has 0 atom stereocenters. The number of benzene rings is 9. The van der Waals surface area contributed by atoms with Crippen LogP contribution in [0.5, 0.6) is 0 Å². The third-order valence-corrected chi connectivity index (χ3v) is 19.8. The maximum absolute atomic E-state index is 2.66. The lowest BCUT2D eigenvalue weighted by Gasteiger charge is -2.52. The molecule has 0 bridgehead atoms. The smallest absolute Gasteiger partial charge is 0.182 e. The van der Waals surface area contributed by atoms with Gasteiger partial charge in [-0.2, -0.15) is 0 Å². The Morgan fingerprint density at radius 1 is 0.367 bits per heavy atom. The standard InChI is InChI=1S/C58H43NSi/c1-36-25-29-45-48(31-36)58(49-32-37(2)26-30-46(49)57(45,3)4)47-20-10-11-21-51(47)59(52-34-39-16-6-5-15-38(39)33-50(52)58)40-27-28-44-43-19-9-14-24-55(43)60(56(44)35-40)53-22-12-7-17-41(53)42-18-8-13-23-54(42)60/h5-35H,1-4H3. The lowest BCUT2D eigenvalue weighted by atomic mass is 9.52. The van der Waals surface area contributed by atoms with Gasteiger partial charge in [-0.05, 0) is 131 Å². The lowest BCUT2D eigenvalue weighted by molar-refractivity contribution is 0.556. The van der Waals surface area contributed by atoms with E-state index in [1.54, 1.807) is 0 Å². The molecule has 0 radical (unpaired) electrons. The van der Waals surface area contributed by atoms with E-state index in [1.807, 2.05) is 0 Å². The largest absolute Gasteiger partial charge is 0.310 e. The number of rotatable bonds is 1. The van der Waals surface area contributed by atoms with Crippen molar-refractivity contribution in [2.45, 2.75) is 38.5 Å². The molecule has 1 aliphatic carbocycles. The summed E-state index contributed by atoms with van der Waals surface area (Å²) in [5.74, 6) is 0. The molecule has 0 saturated carbocycles. The Hall–Kier alpha value is -6.74. The Balaban J connectivity index is 1.16. The maximum Gasteiger partial charge on any atom is 0.182 e. The molecule has 1 nitrogen and oxygen atoms in total. The van der Waals surface area contributed by atoms with Gasteiger partial charge in [-0.25, -0.2) is 0 Å². The quantitative estimate of drug-likeness (QED) is 0.150. The molecule has 284 valence electrons. The number of nitrogens with zero attached hydrogens (tertiary/aromatic N) is 1. The van der Waals surface area contributed by atoms with Crippen molar-refractivity contribution in [2.75, 3.05) is 4.90 Å². The van der Waals surface area contributed by atoms with Crippen LogP contribution in [0.4, 0.5) is 17.1 Å². The van der Waals surface area contributed by atoms with E-state index in [2.05, 4.69) is 221 Å². The first-order valence-corrected chi connectivity index (χ1v) is 23.4. The van der Waals surface area contributed by atoms with Gasteiger partial charge in [0.15, 0.2) is 8.07 Å². The van der Waals surface area contributed by atoms with Gasteiger partial charge in [-0.15, -0.1) is 0 Å². The first-order valence-electron chi connectivity index (χ1n) is 21.4. The van der Waals surface area contributed by atoms with E-state index in [4.69, 9.17) is 0 Å². The molecule has 2 heteroatoms. The van der Waals surface area contributed by atoms with Crippen molar-refractivity contribution in [3.05, 3.63) is 233 Å². The number of anilines is 3. The molecule has 0 aromatic heterocycles. The Morgan fingerprint density at radius 2 is 0.867 bits per heavy atom. The molecule has 9 aromatic carbocycles. The fraction of sp³-hybridized carbons (Fsp3) is 0.103. The van der Waals surface area contributed by atoms with E-state index >= 15 is 0 Å². The predicted octanol–water partition coefficient (Wildman–Crippen LogP) is 11.6. The first-order chi connectivity index (χ1) is 29.3. The van der Waals surface area contributed by atoms with Crippen LogP contribution in [0.1, 0.15) is 58.4 Å². The van der Waals surface area contributed by atoms with Crippen LogP contribution in [-0.4, -0.2) is 8.07 Å². The van der Waals surface area contributed by atoms with Gasteiger partial charge < -0.3 is 4.90 Å². The van der Waals surface area contributed by atoms with Crippen molar-refractivity contribution < 1.29 is 0 Å². The number of hydrogen-bond donors (Lipinski definition) is 0. The summed E-state index contributed by atoms with van der Waals surface area (Å²) in [5, 5.41) is 8.50. The van der Waals surface area contributed by atoms with Gasteiger partial charge >= 0.3 is 0 Å². The zero-order valence-corrected chi connectivity index (χ0v) is 35.3. The second kappa shape index (κ2) is 11.7. The summed E-state index contributed by atoms with van der Waals surface area (Å²) in [4.78, 5) is 2.62. The topological polar surface area (TPSA) is 3.24 Å². The van der Waals surface area contributed by atoms with E-state index in [0.717, 1.165) is 0 Å². The summed E-state index contributed by atoms with van der Waals surface area (Å²) < 4.78 is 0. The van der Waals surface area contributed by atoms with Crippen molar-refractivity contribution in [1.82, 2.24) is 0 Å². The van der Waals surface area contributed by atoms with Crippen LogP contribution in [0.25, 0.3) is 33.0 Å². The Labute approximate surface area is 353 Å². The Bertz CT molecular complexity index is 3230. The number of para-hydroxylation sites is 1. The summed E-state index contributed by atoms with van der Waals surface area (Å²) in [6.45, 7) is 9.37. The van der Waals surface area contributed by atoms with Crippen molar-refractivity contribution >= 4 is 56.7 Å². The molecule has 0 saturated heterocycles. The minimum atomic E-state index is -2.66. The summed E-state index contributed by atoms with van der Waals surface area (Å²) in [6.07, 6.45) is 0. The van der Waals surface area contributed by atoms with Crippen molar-refractivity contribution in [3.8, 4) is 22.3 Å². The number of hydrogen-bond acceptors (Lipinski definition) is 1. The van der Waals surface area contributed by atoms with Crippen LogP contribution in [0.2, 0.25) is 0 Å². The van der Waals surface area contributed by atoms with Gasteiger partial charge in [0.2, 0.25) is 0 Å². The zero-order chi connectivity index (χ0) is 40.1. The fourth-order valence-corrected chi connectivity index (χ4v) is 18.0. The third kappa shape index (κ3) is 4.03. The minimum Gasteiger partial charge on any atom is -0.310 e. The fourth-order valence-electron chi connectivity index (χ4n) is 12.4. The maximum atomic E-state index is 2.62. The molecular formula is C58H43NSi. The normalized spacial score (nSPS) is 16.0. The first kappa shape index (κ1) is 34.2. The van der Waals surface area contributed by atoms with Crippen LogP contribution in [0.3, 0.4) is 0 Å². The minimum absolute atomic E-state index is 0.178. The highest BCUT2D eigenvalue weighted by molar-refractivity contribution is 7.24. The average Bonchev–Trinajstić information content (AvgIpc) is 3.74. The van der Waals surface area contributed by atoms with Crippen LogP contribution in [0.15, 0.2) is 188 Å². The Kier molecular flexibility index (Phi) is 6.67. The molecule has 0 fully saturated rings. The van der Waals surface area contributed by atoms with E-state index in [1.165, 1.54) is 115 Å². The van der Waals surface area contributed by atoms with Gasteiger partial charge in [0.25, 0.3) is 0 Å². The highest BCUT2D eigenvalue weighted by Gasteiger charge is 2.56.